The number of carboxylic acids is 1. The van der Waals surface area contributed by atoms with Crippen molar-refractivity contribution in [3.63, 3.8) is 0 Å². The summed E-state index contributed by atoms with van der Waals surface area (Å²) in [5.41, 5.74) is 6.36. The second-order valence-electron chi connectivity index (χ2n) is 7.39. The van der Waals surface area contributed by atoms with E-state index in [1.807, 2.05) is 43.3 Å². The lowest BCUT2D eigenvalue weighted by Gasteiger charge is -2.10. The van der Waals surface area contributed by atoms with Gasteiger partial charge in [-0.3, -0.25) is 0 Å². The van der Waals surface area contributed by atoms with Crippen LogP contribution >= 0.6 is 15.9 Å². The summed E-state index contributed by atoms with van der Waals surface area (Å²) in [5.74, 6) is -0.140. The van der Waals surface area contributed by atoms with Gasteiger partial charge in [0.05, 0.1) is 12.7 Å². The van der Waals surface area contributed by atoms with Crippen LogP contribution in [0.3, 0.4) is 0 Å². The Kier molecular flexibility index (Phi) is 5.39. The van der Waals surface area contributed by atoms with Gasteiger partial charge >= 0.3 is 5.97 Å². The predicted octanol–water partition coefficient (Wildman–Crippen LogP) is 6.44. The predicted molar refractivity (Wildman–Crippen MR) is 124 cm³/mol. The molecule has 0 radical (unpaired) electrons. The highest BCUT2D eigenvalue weighted by Gasteiger charge is 2.18. The SMILES string of the molecule is COc1ccc2c(c1)c(-c1ccc(C)c(C(=O)O)c1)c(C)n2Cc1ccc(Br)cc1. The number of carbonyl (C=O) groups is 1. The number of aryl methyl sites for hydroxylation is 1. The Morgan fingerprint density at radius 2 is 1.77 bits per heavy atom. The first-order chi connectivity index (χ1) is 14.4. The van der Waals surface area contributed by atoms with Gasteiger partial charge in [-0.2, -0.15) is 0 Å². The number of hydrogen-bond donors (Lipinski definition) is 1. The van der Waals surface area contributed by atoms with Gasteiger partial charge in [-0.15, -0.1) is 0 Å². The Morgan fingerprint density at radius 3 is 2.43 bits per heavy atom. The average Bonchev–Trinajstić information content (AvgIpc) is 3.00. The molecule has 0 spiro atoms. The molecule has 0 aliphatic carbocycles. The van der Waals surface area contributed by atoms with Gasteiger partial charge in [0.1, 0.15) is 5.75 Å². The largest absolute Gasteiger partial charge is 0.497 e. The fraction of sp³-hybridized carbons (Fsp3) is 0.160. The van der Waals surface area contributed by atoms with Crippen LogP contribution in [-0.2, 0) is 6.54 Å². The lowest BCUT2D eigenvalue weighted by atomic mass is 9.97. The van der Waals surface area contributed by atoms with Crippen LogP contribution in [0.25, 0.3) is 22.0 Å². The summed E-state index contributed by atoms with van der Waals surface area (Å²) >= 11 is 3.49. The maximum atomic E-state index is 11.7. The van der Waals surface area contributed by atoms with Crippen molar-refractivity contribution in [3.05, 3.63) is 87.5 Å². The minimum atomic E-state index is -0.914. The fourth-order valence-corrected chi connectivity index (χ4v) is 4.20. The van der Waals surface area contributed by atoms with Gasteiger partial charge in [0.25, 0.3) is 0 Å². The van der Waals surface area contributed by atoms with Crippen LogP contribution in [0.1, 0.15) is 27.2 Å². The van der Waals surface area contributed by atoms with E-state index in [0.29, 0.717) is 5.56 Å². The zero-order valence-electron chi connectivity index (χ0n) is 17.1. The molecule has 4 rings (SSSR count). The molecule has 0 saturated carbocycles. The van der Waals surface area contributed by atoms with Crippen molar-refractivity contribution in [2.24, 2.45) is 0 Å². The lowest BCUT2D eigenvalue weighted by molar-refractivity contribution is 0.0696. The van der Waals surface area contributed by atoms with Gasteiger partial charge in [0.15, 0.2) is 0 Å². The van der Waals surface area contributed by atoms with Crippen LogP contribution in [0, 0.1) is 13.8 Å². The lowest BCUT2D eigenvalue weighted by Crippen LogP contribution is -2.02. The van der Waals surface area contributed by atoms with Crippen molar-refractivity contribution in [1.29, 1.82) is 0 Å². The summed E-state index contributed by atoms with van der Waals surface area (Å²) in [5, 5.41) is 10.6. The van der Waals surface area contributed by atoms with Crippen LogP contribution in [-0.4, -0.2) is 22.8 Å². The monoisotopic (exact) mass is 463 g/mol. The van der Waals surface area contributed by atoms with E-state index in [2.05, 4.69) is 45.6 Å². The first kappa shape index (κ1) is 20.2. The number of benzene rings is 3. The number of fused-ring (bicyclic) bond motifs is 1. The van der Waals surface area contributed by atoms with Gasteiger partial charge in [-0.05, 0) is 66.9 Å². The zero-order valence-corrected chi connectivity index (χ0v) is 18.7. The fourth-order valence-electron chi connectivity index (χ4n) is 3.94. The number of hydrogen-bond acceptors (Lipinski definition) is 2. The quantitative estimate of drug-likeness (QED) is 0.370. The van der Waals surface area contributed by atoms with Gasteiger partial charge < -0.3 is 14.4 Å². The maximum absolute atomic E-state index is 11.7. The molecule has 1 aromatic heterocycles. The number of carboxylic acid groups (broad SMARTS) is 1. The van der Waals surface area contributed by atoms with Crippen LogP contribution in [0.4, 0.5) is 0 Å². The first-order valence-corrected chi connectivity index (χ1v) is 10.4. The molecule has 0 atom stereocenters. The van der Waals surface area contributed by atoms with E-state index >= 15 is 0 Å². The van der Waals surface area contributed by atoms with Crippen molar-refractivity contribution in [3.8, 4) is 16.9 Å². The minimum Gasteiger partial charge on any atom is -0.497 e. The molecule has 0 aliphatic rings. The minimum absolute atomic E-state index is 0.323. The van der Waals surface area contributed by atoms with Gasteiger partial charge in [0, 0.05) is 33.2 Å². The Balaban J connectivity index is 1.95. The van der Waals surface area contributed by atoms with Crippen molar-refractivity contribution >= 4 is 32.8 Å². The molecule has 3 aromatic carbocycles. The molecule has 152 valence electrons. The number of ether oxygens (including phenoxy) is 1. The highest BCUT2D eigenvalue weighted by atomic mass is 79.9. The number of aromatic carboxylic acids is 1. The normalized spacial score (nSPS) is 11.1. The Hall–Kier alpha value is -3.05. The molecular weight excluding hydrogens is 442 g/mol. The Morgan fingerprint density at radius 1 is 1.03 bits per heavy atom. The summed E-state index contributed by atoms with van der Waals surface area (Å²) in [6, 6.07) is 20.0. The van der Waals surface area contributed by atoms with Crippen LogP contribution in [0.2, 0.25) is 0 Å². The van der Waals surface area contributed by atoms with Crippen molar-refractivity contribution in [2.75, 3.05) is 7.11 Å². The van der Waals surface area contributed by atoms with Crippen LogP contribution < -0.4 is 4.74 Å². The molecule has 4 aromatic rings. The van der Waals surface area contributed by atoms with E-state index in [0.717, 1.165) is 50.1 Å². The molecule has 1 heterocycles. The summed E-state index contributed by atoms with van der Waals surface area (Å²) in [6.07, 6.45) is 0. The van der Waals surface area contributed by atoms with Crippen molar-refractivity contribution in [2.45, 2.75) is 20.4 Å². The topological polar surface area (TPSA) is 51.5 Å². The molecule has 0 bridgehead atoms. The second kappa shape index (κ2) is 8.00. The first-order valence-electron chi connectivity index (χ1n) is 9.64. The molecular formula is C25H22BrNO3. The third-order valence-corrected chi connectivity index (χ3v) is 6.07. The van der Waals surface area contributed by atoms with Crippen LogP contribution in [0.15, 0.2) is 65.1 Å². The summed E-state index contributed by atoms with van der Waals surface area (Å²) in [6.45, 7) is 4.63. The average molecular weight is 464 g/mol. The van der Waals surface area contributed by atoms with E-state index in [1.54, 1.807) is 13.2 Å². The molecule has 0 saturated heterocycles. The van der Waals surface area contributed by atoms with Crippen LogP contribution in [0.5, 0.6) is 5.75 Å². The van der Waals surface area contributed by atoms with E-state index in [-0.39, 0.29) is 0 Å². The molecule has 0 amide bonds. The summed E-state index contributed by atoms with van der Waals surface area (Å²) < 4.78 is 8.79. The highest BCUT2D eigenvalue weighted by molar-refractivity contribution is 9.10. The number of methoxy groups -OCH3 is 1. The number of nitrogens with zero attached hydrogens (tertiary/aromatic N) is 1. The third-order valence-electron chi connectivity index (χ3n) is 5.54. The molecule has 30 heavy (non-hydrogen) atoms. The molecule has 0 aliphatic heterocycles. The Bertz CT molecular complexity index is 1260. The van der Waals surface area contributed by atoms with E-state index < -0.39 is 5.97 Å². The molecule has 1 N–H and O–H groups in total. The van der Waals surface area contributed by atoms with Gasteiger partial charge in [-0.1, -0.05) is 40.2 Å². The third kappa shape index (κ3) is 3.61. The highest BCUT2D eigenvalue weighted by Crippen LogP contribution is 2.37. The molecule has 5 heteroatoms. The summed E-state index contributed by atoms with van der Waals surface area (Å²) in [7, 11) is 1.65. The van der Waals surface area contributed by atoms with Crippen molar-refractivity contribution in [1.82, 2.24) is 4.57 Å². The van der Waals surface area contributed by atoms with Gasteiger partial charge in [0.2, 0.25) is 0 Å². The van der Waals surface area contributed by atoms with Crippen molar-refractivity contribution < 1.29 is 14.6 Å². The zero-order chi connectivity index (χ0) is 21.4. The standard InChI is InChI=1S/C25H22BrNO3/c1-15-4-7-18(12-21(15)25(28)29)24-16(2)27(14-17-5-8-19(26)9-6-17)23-11-10-20(30-3)13-22(23)24/h4-13H,14H2,1-3H3,(H,28,29). The van der Waals surface area contributed by atoms with Gasteiger partial charge in [-0.25, -0.2) is 4.79 Å². The molecule has 0 unspecified atom stereocenters. The Labute approximate surface area is 183 Å². The molecule has 0 fully saturated rings. The molecule has 4 nitrogen and oxygen atoms in total. The van der Waals surface area contributed by atoms with E-state index in [9.17, 15) is 9.90 Å². The smallest absolute Gasteiger partial charge is 0.335 e. The summed E-state index contributed by atoms with van der Waals surface area (Å²) in [4.78, 5) is 11.7. The van der Waals surface area contributed by atoms with E-state index in [1.165, 1.54) is 5.56 Å². The number of aromatic nitrogens is 1. The second-order valence-corrected chi connectivity index (χ2v) is 8.31. The maximum Gasteiger partial charge on any atom is 0.335 e. The number of rotatable bonds is 5. The number of halogens is 1. The van der Waals surface area contributed by atoms with E-state index in [4.69, 9.17) is 4.74 Å².